The van der Waals surface area contributed by atoms with Gasteiger partial charge in [-0.15, -0.1) is 0 Å². The fourth-order valence-electron chi connectivity index (χ4n) is 2.89. The van der Waals surface area contributed by atoms with Crippen LogP contribution < -0.4 is 0 Å². The fourth-order valence-corrected chi connectivity index (χ4v) is 2.89. The Morgan fingerprint density at radius 2 is 1.75 bits per heavy atom. The Kier molecular flexibility index (Phi) is 4.71. The molecule has 3 atom stereocenters. The summed E-state index contributed by atoms with van der Waals surface area (Å²) in [6.07, 6.45) is 1.74. The van der Waals surface area contributed by atoms with Gasteiger partial charge in [-0.3, -0.25) is 4.79 Å². The Morgan fingerprint density at radius 1 is 1.17 bits per heavy atom. The lowest BCUT2D eigenvalue weighted by Gasteiger charge is -2.23. The summed E-state index contributed by atoms with van der Waals surface area (Å²) in [5, 5.41) is 9.16. The first kappa shape index (κ1) is 16.3. The molecule has 1 fully saturated rings. The lowest BCUT2D eigenvalue weighted by atomic mass is 10.0. The predicted molar refractivity (Wildman–Crippen MR) is 81.7 cm³/mol. The quantitative estimate of drug-likeness (QED) is 0.872. The predicted octanol–water partition coefficient (Wildman–Crippen LogP) is 2.28. The van der Waals surface area contributed by atoms with Crippen molar-refractivity contribution >= 4 is 11.9 Å². The topological polar surface area (TPSA) is 93.1 Å². The first-order valence-corrected chi connectivity index (χ1v) is 7.76. The standard InChI is InChI=1S/C17H19NO6/c1-11-8-14(24-15(11)17(20)21)16(19)18(9-12-4-2-6-22-12)10-13-5-3-7-23-13/h2-7,11,14-15H,8-10H2,1H3,(H,20,21)/t11-,14-,15-/m1/s1. The molecule has 1 aliphatic heterocycles. The maximum Gasteiger partial charge on any atom is 0.333 e. The Balaban J connectivity index is 1.74. The number of ether oxygens (including phenoxy) is 1. The number of furan rings is 2. The number of carboxylic acids is 1. The highest BCUT2D eigenvalue weighted by Gasteiger charge is 2.42. The summed E-state index contributed by atoms with van der Waals surface area (Å²) in [6.45, 7) is 2.30. The molecule has 0 bridgehead atoms. The fraction of sp³-hybridized carbons (Fsp3) is 0.412. The minimum atomic E-state index is -1.04. The van der Waals surface area contributed by atoms with Crippen molar-refractivity contribution in [3.05, 3.63) is 48.3 Å². The van der Waals surface area contributed by atoms with Crippen LogP contribution in [0.5, 0.6) is 0 Å². The average Bonchev–Trinajstić information content (AvgIpc) is 3.27. The lowest BCUT2D eigenvalue weighted by Crippen LogP contribution is -2.38. The van der Waals surface area contributed by atoms with Crippen molar-refractivity contribution in [2.45, 2.75) is 38.6 Å². The summed E-state index contributed by atoms with van der Waals surface area (Å²) in [6, 6.07) is 7.06. The van der Waals surface area contributed by atoms with Crippen molar-refractivity contribution < 1.29 is 28.3 Å². The van der Waals surface area contributed by atoms with Crippen LogP contribution in [0, 0.1) is 5.92 Å². The van der Waals surface area contributed by atoms with Gasteiger partial charge >= 0.3 is 5.97 Å². The van der Waals surface area contributed by atoms with E-state index in [0.717, 1.165) is 0 Å². The molecule has 0 aromatic carbocycles. The Bertz CT molecular complexity index is 642. The molecule has 0 aliphatic carbocycles. The monoisotopic (exact) mass is 333 g/mol. The van der Waals surface area contributed by atoms with Crippen LogP contribution in [0.1, 0.15) is 24.9 Å². The Hall–Kier alpha value is -2.54. The molecule has 0 spiro atoms. The van der Waals surface area contributed by atoms with Crippen LogP contribution in [0.2, 0.25) is 0 Å². The smallest absolute Gasteiger partial charge is 0.333 e. The third-order valence-electron chi connectivity index (χ3n) is 4.10. The zero-order chi connectivity index (χ0) is 17.1. The number of rotatable bonds is 6. The number of carbonyl (C=O) groups is 2. The number of hydrogen-bond acceptors (Lipinski definition) is 5. The molecule has 128 valence electrons. The van der Waals surface area contributed by atoms with Gasteiger partial charge in [0.25, 0.3) is 5.91 Å². The maximum atomic E-state index is 12.8. The molecule has 24 heavy (non-hydrogen) atoms. The molecule has 3 heterocycles. The molecule has 1 N–H and O–H groups in total. The van der Waals surface area contributed by atoms with Gasteiger partial charge in [0.2, 0.25) is 0 Å². The number of amides is 1. The third-order valence-corrected chi connectivity index (χ3v) is 4.10. The van der Waals surface area contributed by atoms with E-state index in [2.05, 4.69) is 0 Å². The molecular weight excluding hydrogens is 314 g/mol. The molecular formula is C17H19NO6. The van der Waals surface area contributed by atoms with Gasteiger partial charge in [0.05, 0.1) is 25.6 Å². The number of aliphatic carboxylic acids is 1. The summed E-state index contributed by atoms with van der Waals surface area (Å²) >= 11 is 0. The first-order chi connectivity index (χ1) is 11.5. The van der Waals surface area contributed by atoms with Gasteiger partial charge in [0, 0.05) is 0 Å². The number of nitrogens with zero attached hydrogens (tertiary/aromatic N) is 1. The molecule has 3 rings (SSSR count). The van der Waals surface area contributed by atoms with Gasteiger partial charge in [-0.1, -0.05) is 6.92 Å². The Morgan fingerprint density at radius 3 is 2.17 bits per heavy atom. The first-order valence-electron chi connectivity index (χ1n) is 7.76. The van der Waals surface area contributed by atoms with E-state index in [1.807, 2.05) is 0 Å². The molecule has 2 aromatic heterocycles. The molecule has 1 amide bonds. The van der Waals surface area contributed by atoms with Crippen molar-refractivity contribution in [3.63, 3.8) is 0 Å². The van der Waals surface area contributed by atoms with Gasteiger partial charge in [-0.2, -0.15) is 0 Å². The summed E-state index contributed by atoms with van der Waals surface area (Å²) < 4.78 is 16.1. The van der Waals surface area contributed by atoms with E-state index >= 15 is 0 Å². The average molecular weight is 333 g/mol. The summed E-state index contributed by atoms with van der Waals surface area (Å²) in [4.78, 5) is 25.6. The summed E-state index contributed by atoms with van der Waals surface area (Å²) in [7, 11) is 0. The van der Waals surface area contributed by atoms with Crippen LogP contribution in [-0.4, -0.2) is 34.1 Å². The second-order valence-electron chi connectivity index (χ2n) is 5.95. The second kappa shape index (κ2) is 6.92. The highest BCUT2D eigenvalue weighted by atomic mass is 16.5. The third kappa shape index (κ3) is 3.51. The van der Waals surface area contributed by atoms with Crippen LogP contribution in [0.15, 0.2) is 45.6 Å². The van der Waals surface area contributed by atoms with Crippen LogP contribution >= 0.6 is 0 Å². The van der Waals surface area contributed by atoms with Gasteiger partial charge < -0.3 is 23.6 Å². The zero-order valence-electron chi connectivity index (χ0n) is 13.3. The van der Waals surface area contributed by atoms with Crippen LogP contribution in [0.4, 0.5) is 0 Å². The second-order valence-corrected chi connectivity index (χ2v) is 5.95. The van der Waals surface area contributed by atoms with Crippen molar-refractivity contribution in [2.24, 2.45) is 5.92 Å². The van der Waals surface area contributed by atoms with E-state index in [9.17, 15) is 9.59 Å². The number of carbonyl (C=O) groups excluding carboxylic acids is 1. The Labute approximate surface area is 138 Å². The van der Waals surface area contributed by atoms with E-state index in [1.54, 1.807) is 48.6 Å². The van der Waals surface area contributed by atoms with Gasteiger partial charge in [-0.25, -0.2) is 4.79 Å². The largest absolute Gasteiger partial charge is 0.479 e. The van der Waals surface area contributed by atoms with Crippen molar-refractivity contribution in [1.29, 1.82) is 0 Å². The highest BCUT2D eigenvalue weighted by Crippen LogP contribution is 2.28. The molecule has 2 aromatic rings. The molecule has 7 nitrogen and oxygen atoms in total. The van der Waals surface area contributed by atoms with Crippen molar-refractivity contribution in [1.82, 2.24) is 4.90 Å². The minimum absolute atomic E-state index is 0.217. The molecule has 0 radical (unpaired) electrons. The van der Waals surface area contributed by atoms with Gasteiger partial charge in [0.1, 0.15) is 17.6 Å². The van der Waals surface area contributed by atoms with Gasteiger partial charge in [-0.05, 0) is 36.6 Å². The van der Waals surface area contributed by atoms with E-state index in [1.165, 1.54) is 0 Å². The molecule has 0 unspecified atom stereocenters. The van der Waals surface area contributed by atoms with Crippen LogP contribution in [0.3, 0.4) is 0 Å². The maximum absolute atomic E-state index is 12.8. The number of carboxylic acid groups (broad SMARTS) is 1. The van der Waals surface area contributed by atoms with E-state index in [0.29, 0.717) is 17.9 Å². The highest BCUT2D eigenvalue weighted by molar-refractivity contribution is 5.82. The van der Waals surface area contributed by atoms with E-state index in [4.69, 9.17) is 18.7 Å². The zero-order valence-corrected chi connectivity index (χ0v) is 13.3. The molecule has 1 saturated heterocycles. The minimum Gasteiger partial charge on any atom is -0.479 e. The van der Waals surface area contributed by atoms with Crippen LogP contribution in [0.25, 0.3) is 0 Å². The molecule has 1 aliphatic rings. The summed E-state index contributed by atoms with van der Waals surface area (Å²) in [5.74, 6) is -0.253. The van der Waals surface area contributed by atoms with Crippen LogP contribution in [-0.2, 0) is 27.4 Å². The van der Waals surface area contributed by atoms with E-state index in [-0.39, 0.29) is 24.9 Å². The van der Waals surface area contributed by atoms with Crippen molar-refractivity contribution in [2.75, 3.05) is 0 Å². The molecule has 7 heteroatoms. The number of hydrogen-bond donors (Lipinski definition) is 1. The summed E-state index contributed by atoms with van der Waals surface area (Å²) in [5.41, 5.74) is 0. The SMILES string of the molecule is C[C@@H]1C[C@H](C(=O)N(Cc2ccco2)Cc2ccco2)O[C@H]1C(=O)O. The van der Waals surface area contributed by atoms with E-state index < -0.39 is 18.2 Å². The normalized spacial score (nSPS) is 23.3. The van der Waals surface area contributed by atoms with Crippen molar-refractivity contribution in [3.8, 4) is 0 Å². The van der Waals surface area contributed by atoms with Gasteiger partial charge in [0.15, 0.2) is 6.10 Å². The molecule has 0 saturated carbocycles. The lowest BCUT2D eigenvalue weighted by molar-refractivity contribution is -0.156.